The summed E-state index contributed by atoms with van der Waals surface area (Å²) in [7, 11) is 0. The van der Waals surface area contributed by atoms with E-state index in [2.05, 4.69) is 6.58 Å². The van der Waals surface area contributed by atoms with E-state index >= 15 is 0 Å². The molecule has 0 aliphatic heterocycles. The molecule has 0 rings (SSSR count). The Labute approximate surface area is 74.0 Å². The lowest BCUT2D eigenvalue weighted by Crippen LogP contribution is -2.31. The van der Waals surface area contributed by atoms with Crippen LogP contribution in [-0.4, -0.2) is 27.1 Å². The topological polar surface area (TPSA) is 107 Å². The molecule has 0 aromatic rings. The van der Waals surface area contributed by atoms with Gasteiger partial charge in [-0.3, -0.25) is 20.2 Å². The van der Waals surface area contributed by atoms with E-state index in [4.69, 9.17) is 5.11 Å². The second-order valence-electron chi connectivity index (χ2n) is 2.62. The Morgan fingerprint density at radius 1 is 1.54 bits per heavy atom. The molecule has 0 radical (unpaired) electrons. The molecule has 2 unspecified atom stereocenters. The van der Waals surface area contributed by atoms with E-state index in [-0.39, 0.29) is 0 Å². The van der Waals surface area contributed by atoms with Crippen LogP contribution in [0.15, 0.2) is 12.3 Å². The van der Waals surface area contributed by atoms with Gasteiger partial charge in [-0.05, 0) is 6.58 Å². The molecule has 0 amide bonds. The third kappa shape index (κ3) is 3.61. The quantitative estimate of drug-likeness (QED) is 0.492. The lowest BCUT2D eigenvalue weighted by atomic mass is 10.1. The molecular weight excluding hydrogens is 180 g/mol. The maximum Gasteiger partial charge on any atom is 0.242 e. The highest BCUT2D eigenvalue weighted by molar-refractivity contribution is 4.85. The zero-order valence-electron chi connectivity index (χ0n) is 7.04. The van der Waals surface area contributed by atoms with Gasteiger partial charge in [0.2, 0.25) is 11.7 Å². The normalized spacial score (nSPS) is 14.6. The highest BCUT2D eigenvalue weighted by Gasteiger charge is 2.27. The fourth-order valence-electron chi connectivity index (χ4n) is 0.627. The van der Waals surface area contributed by atoms with Crippen LogP contribution in [0.4, 0.5) is 0 Å². The van der Waals surface area contributed by atoms with Crippen molar-refractivity contribution in [2.24, 2.45) is 0 Å². The largest absolute Gasteiger partial charge is 0.385 e. The van der Waals surface area contributed by atoms with Crippen molar-refractivity contribution in [3.05, 3.63) is 32.5 Å². The van der Waals surface area contributed by atoms with E-state index in [1.54, 1.807) is 0 Å². The van der Waals surface area contributed by atoms with Crippen LogP contribution >= 0.6 is 0 Å². The first-order valence-corrected chi connectivity index (χ1v) is 3.50. The summed E-state index contributed by atoms with van der Waals surface area (Å²) >= 11 is 0. The third-order valence-corrected chi connectivity index (χ3v) is 1.59. The molecule has 0 spiro atoms. The molecule has 2 atom stereocenters. The Kier molecular flexibility index (Phi) is 3.99. The van der Waals surface area contributed by atoms with Crippen molar-refractivity contribution in [1.29, 1.82) is 0 Å². The summed E-state index contributed by atoms with van der Waals surface area (Å²) in [6.45, 7) is 4.23. The van der Waals surface area contributed by atoms with Gasteiger partial charge in [-0.2, -0.15) is 0 Å². The van der Waals surface area contributed by atoms with Gasteiger partial charge in [-0.15, -0.1) is 0 Å². The van der Waals surface area contributed by atoms with Gasteiger partial charge < -0.3 is 5.11 Å². The van der Waals surface area contributed by atoms with Crippen LogP contribution in [0.5, 0.6) is 0 Å². The first-order valence-electron chi connectivity index (χ1n) is 3.50. The van der Waals surface area contributed by atoms with Crippen molar-refractivity contribution in [1.82, 2.24) is 0 Å². The van der Waals surface area contributed by atoms with Gasteiger partial charge in [0.15, 0.2) is 0 Å². The van der Waals surface area contributed by atoms with Gasteiger partial charge in [0.05, 0.1) is 11.3 Å². The highest BCUT2D eigenvalue weighted by atomic mass is 16.6. The van der Waals surface area contributed by atoms with E-state index in [1.807, 2.05) is 0 Å². The summed E-state index contributed by atoms with van der Waals surface area (Å²) in [5.74, 6) is 0. The molecular formula is C6H10N2O5. The fourth-order valence-corrected chi connectivity index (χ4v) is 0.627. The molecule has 74 valence electrons. The minimum Gasteiger partial charge on any atom is -0.385 e. The van der Waals surface area contributed by atoms with Crippen molar-refractivity contribution >= 4 is 0 Å². The van der Waals surface area contributed by atoms with Crippen LogP contribution in [0.25, 0.3) is 0 Å². The summed E-state index contributed by atoms with van der Waals surface area (Å²) in [5.41, 5.74) is -0.429. The summed E-state index contributed by atoms with van der Waals surface area (Å²) in [5, 5.41) is 29.3. The first-order chi connectivity index (χ1) is 5.86. The van der Waals surface area contributed by atoms with Gasteiger partial charge in [0.1, 0.15) is 6.10 Å². The van der Waals surface area contributed by atoms with Gasteiger partial charge in [-0.25, -0.2) is 0 Å². The van der Waals surface area contributed by atoms with Gasteiger partial charge in [-0.1, -0.05) is 0 Å². The number of hydrogen-bond donors (Lipinski definition) is 1. The Balaban J connectivity index is 4.15. The Hall–Kier alpha value is -1.50. The lowest BCUT2D eigenvalue weighted by molar-refractivity contribution is -0.531. The SMILES string of the molecule is C=C(CC(O)C(C)[N+](=O)[O-])[N+](=O)[O-]. The Bertz CT molecular complexity index is 239. The van der Waals surface area contributed by atoms with Crippen molar-refractivity contribution in [2.75, 3.05) is 0 Å². The van der Waals surface area contributed by atoms with Crippen LogP contribution in [0.3, 0.4) is 0 Å². The smallest absolute Gasteiger partial charge is 0.242 e. The summed E-state index contributed by atoms with van der Waals surface area (Å²) < 4.78 is 0. The molecule has 0 saturated carbocycles. The average Bonchev–Trinajstić information content (AvgIpc) is 2.02. The predicted octanol–water partition coefficient (Wildman–Crippen LogP) is 0.193. The molecule has 0 bridgehead atoms. The van der Waals surface area contributed by atoms with Crippen LogP contribution in [0.2, 0.25) is 0 Å². The summed E-state index contributed by atoms with van der Waals surface area (Å²) in [4.78, 5) is 18.7. The van der Waals surface area contributed by atoms with Gasteiger partial charge >= 0.3 is 0 Å². The van der Waals surface area contributed by atoms with Crippen molar-refractivity contribution in [3.63, 3.8) is 0 Å². The van der Waals surface area contributed by atoms with E-state index in [0.717, 1.165) is 0 Å². The van der Waals surface area contributed by atoms with Crippen LogP contribution in [0, 0.1) is 20.2 Å². The second-order valence-corrected chi connectivity index (χ2v) is 2.62. The summed E-state index contributed by atoms with van der Waals surface area (Å²) in [6.07, 6.45) is -1.76. The summed E-state index contributed by atoms with van der Waals surface area (Å²) in [6, 6.07) is -1.23. The molecule has 0 aliphatic rings. The number of hydrogen-bond acceptors (Lipinski definition) is 5. The fraction of sp³-hybridized carbons (Fsp3) is 0.667. The van der Waals surface area contributed by atoms with Crippen LogP contribution < -0.4 is 0 Å². The van der Waals surface area contributed by atoms with Crippen LogP contribution in [-0.2, 0) is 0 Å². The maximum absolute atomic E-state index is 10.1. The zero-order valence-corrected chi connectivity index (χ0v) is 7.04. The Morgan fingerprint density at radius 2 is 2.00 bits per heavy atom. The van der Waals surface area contributed by atoms with E-state index < -0.39 is 34.1 Å². The lowest BCUT2D eigenvalue weighted by Gasteiger charge is -2.09. The van der Waals surface area contributed by atoms with Crippen molar-refractivity contribution in [3.8, 4) is 0 Å². The molecule has 13 heavy (non-hydrogen) atoms. The number of aliphatic hydroxyl groups excluding tert-OH is 1. The molecule has 0 fully saturated rings. The molecule has 0 heterocycles. The maximum atomic E-state index is 10.1. The number of rotatable bonds is 5. The molecule has 7 heteroatoms. The minimum atomic E-state index is -1.37. The van der Waals surface area contributed by atoms with Crippen LogP contribution in [0.1, 0.15) is 13.3 Å². The molecule has 0 saturated heterocycles. The Morgan fingerprint density at radius 3 is 2.31 bits per heavy atom. The molecule has 0 aliphatic carbocycles. The minimum absolute atomic E-state index is 0.394. The van der Waals surface area contributed by atoms with E-state index in [0.29, 0.717) is 0 Å². The molecule has 0 aromatic carbocycles. The van der Waals surface area contributed by atoms with E-state index in [9.17, 15) is 20.2 Å². The molecule has 1 N–H and O–H groups in total. The third-order valence-electron chi connectivity index (χ3n) is 1.59. The number of aliphatic hydroxyl groups is 1. The number of nitrogens with zero attached hydrogens (tertiary/aromatic N) is 2. The average molecular weight is 190 g/mol. The molecule has 7 nitrogen and oxygen atoms in total. The van der Waals surface area contributed by atoms with Gasteiger partial charge in [0.25, 0.3) is 0 Å². The second kappa shape index (κ2) is 4.51. The van der Waals surface area contributed by atoms with Gasteiger partial charge in [0, 0.05) is 11.8 Å². The first kappa shape index (κ1) is 11.5. The zero-order chi connectivity index (χ0) is 10.6. The van der Waals surface area contributed by atoms with Crippen molar-refractivity contribution in [2.45, 2.75) is 25.5 Å². The highest BCUT2D eigenvalue weighted by Crippen LogP contribution is 2.08. The molecule has 0 aromatic heterocycles. The monoisotopic (exact) mass is 190 g/mol. The van der Waals surface area contributed by atoms with E-state index in [1.165, 1.54) is 6.92 Å². The predicted molar refractivity (Wildman–Crippen MR) is 43.2 cm³/mol. The number of nitro groups is 2. The standard InChI is InChI=1S/C6H10N2O5/c1-4(7(10)11)3-6(9)5(2)8(12)13/h5-6,9H,1,3H2,2H3. The van der Waals surface area contributed by atoms with Crippen molar-refractivity contribution < 1.29 is 15.0 Å².